The van der Waals surface area contributed by atoms with E-state index in [1.807, 2.05) is 13.8 Å². The number of allylic oxidation sites excluding steroid dienone is 1. The molecule has 0 atom stereocenters. The number of nitrogens with one attached hydrogen (secondary N) is 2. The summed E-state index contributed by atoms with van der Waals surface area (Å²) in [5, 5.41) is 5.20. The van der Waals surface area contributed by atoms with Crippen molar-refractivity contribution in [1.29, 1.82) is 0 Å². The van der Waals surface area contributed by atoms with Crippen LogP contribution in [0.2, 0.25) is 5.02 Å². The van der Waals surface area contributed by atoms with Gasteiger partial charge in [-0.2, -0.15) is 0 Å². The van der Waals surface area contributed by atoms with Crippen molar-refractivity contribution >= 4 is 29.3 Å². The van der Waals surface area contributed by atoms with Crippen LogP contribution in [0.4, 0.5) is 14.9 Å². The molecule has 0 fully saturated rings. The molecular weight excluding hydrogens is 375 g/mol. The van der Waals surface area contributed by atoms with E-state index >= 15 is 0 Å². The van der Waals surface area contributed by atoms with Crippen molar-refractivity contribution in [2.45, 2.75) is 52.6 Å². The summed E-state index contributed by atoms with van der Waals surface area (Å²) in [5.41, 5.74) is 0.894. The van der Waals surface area contributed by atoms with Crippen molar-refractivity contribution in [3.8, 4) is 5.75 Å². The molecule has 0 unspecified atom stereocenters. The lowest BCUT2D eigenvalue weighted by Gasteiger charge is -2.20. The smallest absolute Gasteiger partial charge is 0.335 e. The van der Waals surface area contributed by atoms with Gasteiger partial charge < -0.3 is 20.1 Å². The summed E-state index contributed by atoms with van der Waals surface area (Å²) in [6.45, 7) is 5.61. The van der Waals surface area contributed by atoms with Crippen molar-refractivity contribution in [3.63, 3.8) is 0 Å². The van der Waals surface area contributed by atoms with Crippen LogP contribution in [0.3, 0.4) is 0 Å². The molecule has 1 aromatic rings. The molecule has 2 rings (SSSR count). The Balaban J connectivity index is 2.15. The predicted octanol–water partition coefficient (Wildman–Crippen LogP) is 4.78. The van der Waals surface area contributed by atoms with Gasteiger partial charge in [-0.05, 0) is 52.5 Å². The van der Waals surface area contributed by atoms with Gasteiger partial charge in [0.15, 0.2) is 0 Å². The quantitative estimate of drug-likeness (QED) is 0.676. The predicted molar refractivity (Wildman–Crippen MR) is 101 cm³/mol. The molecule has 0 spiro atoms. The minimum atomic E-state index is -0.686. The molecule has 2 amide bonds. The Labute approximate surface area is 163 Å². The molecular formula is C19H24ClFN2O4. The number of urea groups is 1. The van der Waals surface area contributed by atoms with Gasteiger partial charge in [0.2, 0.25) is 0 Å². The van der Waals surface area contributed by atoms with E-state index in [-0.39, 0.29) is 29.2 Å². The lowest BCUT2D eigenvalue weighted by Crippen LogP contribution is -2.31. The molecule has 6 nitrogen and oxygen atoms in total. The number of ether oxygens (including phenoxy) is 2. The number of carbonyl (C=O) groups is 2. The summed E-state index contributed by atoms with van der Waals surface area (Å²) in [6.07, 6.45) is 2.62. The molecule has 1 aliphatic rings. The zero-order chi connectivity index (χ0) is 20.0. The van der Waals surface area contributed by atoms with Gasteiger partial charge in [0.25, 0.3) is 0 Å². The third-order valence-electron chi connectivity index (χ3n) is 3.89. The van der Waals surface area contributed by atoms with Crippen molar-refractivity contribution in [1.82, 2.24) is 5.32 Å². The topological polar surface area (TPSA) is 76.7 Å². The third kappa shape index (κ3) is 5.85. The van der Waals surface area contributed by atoms with Gasteiger partial charge in [0.05, 0.1) is 29.0 Å². The van der Waals surface area contributed by atoms with E-state index in [9.17, 15) is 14.0 Å². The van der Waals surface area contributed by atoms with E-state index in [2.05, 4.69) is 10.6 Å². The summed E-state index contributed by atoms with van der Waals surface area (Å²) in [7, 11) is 0. The Hall–Kier alpha value is -2.28. The fourth-order valence-electron chi connectivity index (χ4n) is 2.75. The number of amides is 2. The highest BCUT2D eigenvalue weighted by Gasteiger charge is 2.22. The molecule has 0 bridgehead atoms. The largest absolute Gasteiger partial charge is 0.489 e. The highest BCUT2D eigenvalue weighted by molar-refractivity contribution is 6.32. The number of benzene rings is 1. The number of hydrogen-bond donors (Lipinski definition) is 2. The standard InChI is InChI=1S/C19H24ClFN2O4/c1-4-26-18(24)12-7-5-6-8-15(12)22-19(25)23-16-10-17(27-11(2)3)13(20)9-14(16)21/h9-11H,4-8H2,1-3H3,(H2,22,23,25). The van der Waals surface area contributed by atoms with E-state index in [0.29, 0.717) is 24.1 Å². The first-order valence-electron chi connectivity index (χ1n) is 8.94. The van der Waals surface area contributed by atoms with Gasteiger partial charge in [0, 0.05) is 11.8 Å². The van der Waals surface area contributed by atoms with Crippen LogP contribution in [0.15, 0.2) is 23.4 Å². The molecule has 0 saturated heterocycles. The van der Waals surface area contributed by atoms with Crippen molar-refractivity contribution in [2.24, 2.45) is 0 Å². The Morgan fingerprint density at radius 2 is 1.93 bits per heavy atom. The average molecular weight is 399 g/mol. The normalized spacial score (nSPS) is 14.1. The minimum Gasteiger partial charge on any atom is -0.489 e. The molecule has 0 aromatic heterocycles. The molecule has 148 valence electrons. The van der Waals surface area contributed by atoms with Gasteiger partial charge in [-0.25, -0.2) is 14.0 Å². The second kappa shape index (κ2) is 9.60. The number of anilines is 1. The van der Waals surface area contributed by atoms with E-state index in [1.165, 1.54) is 6.07 Å². The summed E-state index contributed by atoms with van der Waals surface area (Å²) < 4.78 is 24.7. The zero-order valence-corrected chi connectivity index (χ0v) is 16.4. The number of rotatable bonds is 6. The van der Waals surface area contributed by atoms with Gasteiger partial charge in [0.1, 0.15) is 11.6 Å². The van der Waals surface area contributed by atoms with Crippen LogP contribution in [-0.2, 0) is 9.53 Å². The zero-order valence-electron chi connectivity index (χ0n) is 15.7. The molecule has 0 heterocycles. The van der Waals surface area contributed by atoms with Crippen LogP contribution in [0.5, 0.6) is 5.75 Å². The lowest BCUT2D eigenvalue weighted by molar-refractivity contribution is -0.138. The number of halogens is 2. The van der Waals surface area contributed by atoms with Crippen molar-refractivity contribution in [3.05, 3.63) is 34.2 Å². The molecule has 0 saturated carbocycles. The van der Waals surface area contributed by atoms with Crippen LogP contribution in [0.25, 0.3) is 0 Å². The lowest BCUT2D eigenvalue weighted by atomic mass is 9.96. The number of esters is 1. The van der Waals surface area contributed by atoms with E-state index in [0.717, 1.165) is 18.9 Å². The molecule has 1 aliphatic carbocycles. The van der Waals surface area contributed by atoms with Crippen LogP contribution in [-0.4, -0.2) is 24.7 Å². The molecule has 1 aromatic carbocycles. The first-order valence-corrected chi connectivity index (χ1v) is 9.32. The fraction of sp³-hybridized carbons (Fsp3) is 0.474. The van der Waals surface area contributed by atoms with Gasteiger partial charge >= 0.3 is 12.0 Å². The minimum absolute atomic E-state index is 0.0679. The molecule has 27 heavy (non-hydrogen) atoms. The molecule has 2 N–H and O–H groups in total. The number of carbonyl (C=O) groups excluding carboxylic acids is 2. The molecule has 0 radical (unpaired) electrons. The maximum absolute atomic E-state index is 14.1. The first-order chi connectivity index (χ1) is 12.8. The Morgan fingerprint density at radius 1 is 1.22 bits per heavy atom. The Morgan fingerprint density at radius 3 is 2.59 bits per heavy atom. The Bertz CT molecular complexity index is 749. The number of hydrogen-bond acceptors (Lipinski definition) is 4. The fourth-order valence-corrected chi connectivity index (χ4v) is 2.94. The highest BCUT2D eigenvalue weighted by Crippen LogP contribution is 2.31. The maximum atomic E-state index is 14.1. The Kier molecular flexibility index (Phi) is 7.47. The second-order valence-corrected chi connectivity index (χ2v) is 6.80. The first kappa shape index (κ1) is 21.0. The van der Waals surface area contributed by atoms with Crippen LogP contribution in [0, 0.1) is 5.82 Å². The average Bonchev–Trinajstić information content (AvgIpc) is 2.59. The van der Waals surface area contributed by atoms with Crippen molar-refractivity contribution in [2.75, 3.05) is 11.9 Å². The van der Waals surface area contributed by atoms with Gasteiger partial charge in [-0.15, -0.1) is 0 Å². The van der Waals surface area contributed by atoms with E-state index < -0.39 is 17.8 Å². The van der Waals surface area contributed by atoms with Crippen LogP contribution in [0.1, 0.15) is 46.5 Å². The molecule has 0 aliphatic heterocycles. The summed E-state index contributed by atoms with van der Waals surface area (Å²) in [6, 6.07) is 1.77. The SMILES string of the molecule is CCOC(=O)C1=C(NC(=O)Nc2cc(OC(C)C)c(Cl)cc2F)CCCC1. The highest BCUT2D eigenvalue weighted by atomic mass is 35.5. The van der Waals surface area contributed by atoms with Crippen LogP contribution >= 0.6 is 11.6 Å². The second-order valence-electron chi connectivity index (χ2n) is 6.39. The van der Waals surface area contributed by atoms with E-state index in [1.54, 1.807) is 6.92 Å². The molecule has 8 heteroatoms. The summed E-state index contributed by atoms with van der Waals surface area (Å²) in [4.78, 5) is 24.4. The monoisotopic (exact) mass is 398 g/mol. The van der Waals surface area contributed by atoms with Gasteiger partial charge in [-0.1, -0.05) is 11.6 Å². The summed E-state index contributed by atoms with van der Waals surface area (Å²) >= 11 is 5.97. The van der Waals surface area contributed by atoms with Crippen molar-refractivity contribution < 1.29 is 23.5 Å². The summed E-state index contributed by atoms with van der Waals surface area (Å²) in [5.74, 6) is -0.847. The maximum Gasteiger partial charge on any atom is 0.335 e. The van der Waals surface area contributed by atoms with Gasteiger partial charge in [-0.3, -0.25) is 0 Å². The van der Waals surface area contributed by atoms with Crippen LogP contribution < -0.4 is 15.4 Å². The van der Waals surface area contributed by atoms with E-state index in [4.69, 9.17) is 21.1 Å². The third-order valence-corrected chi connectivity index (χ3v) is 4.18.